The van der Waals surface area contributed by atoms with E-state index in [1.165, 1.54) is 14.2 Å². The Labute approximate surface area is 98.9 Å². The molecular formula is C12H14O5. The SMILES string of the molecule is COc1ccc(/C(C)=C/C(=O)O)c(O)c1OC. The fourth-order valence-electron chi connectivity index (χ4n) is 1.49. The molecule has 0 spiro atoms. The van der Waals surface area contributed by atoms with Gasteiger partial charge in [-0.05, 0) is 24.6 Å². The van der Waals surface area contributed by atoms with E-state index >= 15 is 0 Å². The molecular weight excluding hydrogens is 224 g/mol. The van der Waals surface area contributed by atoms with Crippen LogP contribution in [0.1, 0.15) is 12.5 Å². The van der Waals surface area contributed by atoms with Gasteiger partial charge in [0.05, 0.1) is 14.2 Å². The third-order valence-corrected chi connectivity index (χ3v) is 2.28. The summed E-state index contributed by atoms with van der Waals surface area (Å²) in [4.78, 5) is 10.6. The molecule has 0 aliphatic heterocycles. The molecule has 1 aromatic carbocycles. The molecule has 0 unspecified atom stereocenters. The fraction of sp³-hybridized carbons (Fsp3) is 0.250. The van der Waals surface area contributed by atoms with Crippen molar-refractivity contribution < 1.29 is 24.5 Å². The molecule has 0 amide bonds. The number of phenolic OH excluding ortho intramolecular Hbond substituents is 1. The minimum Gasteiger partial charge on any atom is -0.504 e. The number of carboxylic acid groups (broad SMARTS) is 1. The van der Waals surface area contributed by atoms with Crippen molar-refractivity contribution in [1.29, 1.82) is 0 Å². The van der Waals surface area contributed by atoms with Crippen LogP contribution in [-0.4, -0.2) is 30.4 Å². The van der Waals surface area contributed by atoms with Crippen molar-refractivity contribution in [2.75, 3.05) is 14.2 Å². The highest BCUT2D eigenvalue weighted by Crippen LogP contribution is 2.41. The zero-order chi connectivity index (χ0) is 13.0. The van der Waals surface area contributed by atoms with Crippen molar-refractivity contribution in [2.24, 2.45) is 0 Å². The number of carboxylic acids is 1. The third kappa shape index (κ3) is 2.69. The molecule has 0 aliphatic rings. The Morgan fingerprint density at radius 3 is 2.41 bits per heavy atom. The zero-order valence-electron chi connectivity index (χ0n) is 9.85. The molecule has 1 rings (SSSR count). The molecule has 0 saturated heterocycles. The first kappa shape index (κ1) is 12.9. The highest BCUT2D eigenvalue weighted by Gasteiger charge is 2.15. The van der Waals surface area contributed by atoms with Gasteiger partial charge in [-0.25, -0.2) is 4.79 Å². The summed E-state index contributed by atoms with van der Waals surface area (Å²) in [6.45, 7) is 1.59. The van der Waals surface area contributed by atoms with Gasteiger partial charge < -0.3 is 19.7 Å². The number of carbonyl (C=O) groups is 1. The minimum atomic E-state index is -1.07. The van der Waals surface area contributed by atoms with Crippen LogP contribution in [-0.2, 0) is 4.79 Å². The minimum absolute atomic E-state index is 0.137. The van der Waals surface area contributed by atoms with Gasteiger partial charge in [0.1, 0.15) is 0 Å². The second kappa shape index (κ2) is 5.25. The maximum atomic E-state index is 10.6. The van der Waals surface area contributed by atoms with Crippen LogP contribution in [0, 0.1) is 0 Å². The maximum Gasteiger partial charge on any atom is 0.328 e. The lowest BCUT2D eigenvalue weighted by Crippen LogP contribution is -1.95. The summed E-state index contributed by atoms with van der Waals surface area (Å²) in [7, 11) is 2.86. The van der Waals surface area contributed by atoms with Crippen molar-refractivity contribution in [2.45, 2.75) is 6.92 Å². The summed E-state index contributed by atoms with van der Waals surface area (Å²) >= 11 is 0. The molecule has 0 saturated carbocycles. The van der Waals surface area contributed by atoms with Crippen LogP contribution in [0.5, 0.6) is 17.2 Å². The molecule has 0 heterocycles. The molecule has 0 fully saturated rings. The third-order valence-electron chi connectivity index (χ3n) is 2.28. The van der Waals surface area contributed by atoms with Crippen molar-refractivity contribution in [3.63, 3.8) is 0 Å². The number of allylic oxidation sites excluding steroid dienone is 1. The van der Waals surface area contributed by atoms with Crippen molar-refractivity contribution in [3.05, 3.63) is 23.8 Å². The molecule has 2 N–H and O–H groups in total. The summed E-state index contributed by atoms with van der Waals surface area (Å²) in [6, 6.07) is 3.18. The van der Waals surface area contributed by atoms with Gasteiger partial charge in [0.2, 0.25) is 5.75 Å². The Balaban J connectivity index is 3.33. The van der Waals surface area contributed by atoms with E-state index in [9.17, 15) is 9.90 Å². The number of hydrogen-bond acceptors (Lipinski definition) is 4. The molecule has 5 heteroatoms. The van der Waals surface area contributed by atoms with Crippen LogP contribution >= 0.6 is 0 Å². The summed E-state index contributed by atoms with van der Waals surface area (Å²) in [5.74, 6) is -0.640. The van der Waals surface area contributed by atoms with Crippen LogP contribution in [0.2, 0.25) is 0 Å². The topological polar surface area (TPSA) is 76.0 Å². The maximum absolute atomic E-state index is 10.6. The van der Waals surface area contributed by atoms with Crippen molar-refractivity contribution >= 4 is 11.5 Å². The normalized spacial score (nSPS) is 11.1. The highest BCUT2D eigenvalue weighted by atomic mass is 16.5. The lowest BCUT2D eigenvalue weighted by molar-refractivity contribution is -0.131. The lowest BCUT2D eigenvalue weighted by atomic mass is 10.0. The first-order valence-electron chi connectivity index (χ1n) is 4.86. The molecule has 0 radical (unpaired) electrons. The Morgan fingerprint density at radius 1 is 1.29 bits per heavy atom. The second-order valence-corrected chi connectivity index (χ2v) is 3.36. The largest absolute Gasteiger partial charge is 0.504 e. The predicted molar refractivity (Wildman–Crippen MR) is 62.5 cm³/mol. The van der Waals surface area contributed by atoms with E-state index in [4.69, 9.17) is 14.6 Å². The summed E-state index contributed by atoms with van der Waals surface area (Å²) in [5, 5.41) is 18.6. The number of aromatic hydroxyl groups is 1. The summed E-state index contributed by atoms with van der Waals surface area (Å²) in [5.41, 5.74) is 0.820. The van der Waals surface area contributed by atoms with E-state index in [-0.39, 0.29) is 11.5 Å². The molecule has 17 heavy (non-hydrogen) atoms. The number of phenols is 1. The lowest BCUT2D eigenvalue weighted by Gasteiger charge is -2.12. The molecule has 0 atom stereocenters. The van der Waals surface area contributed by atoms with Gasteiger partial charge in [-0.1, -0.05) is 0 Å². The van der Waals surface area contributed by atoms with Gasteiger partial charge in [-0.3, -0.25) is 0 Å². The molecule has 0 aromatic heterocycles. The molecule has 92 valence electrons. The quantitative estimate of drug-likeness (QED) is 0.783. The predicted octanol–water partition coefficient (Wildman–Crippen LogP) is 1.90. The Kier molecular flexibility index (Phi) is 3.98. The average Bonchev–Trinajstić information content (AvgIpc) is 2.27. The van der Waals surface area contributed by atoms with Crippen LogP contribution in [0.15, 0.2) is 18.2 Å². The Hall–Kier alpha value is -2.17. The van der Waals surface area contributed by atoms with E-state index in [1.54, 1.807) is 19.1 Å². The van der Waals surface area contributed by atoms with Crippen molar-refractivity contribution in [3.8, 4) is 17.2 Å². The number of benzene rings is 1. The monoisotopic (exact) mass is 238 g/mol. The van der Waals surface area contributed by atoms with Crippen molar-refractivity contribution in [1.82, 2.24) is 0 Å². The average molecular weight is 238 g/mol. The summed E-state index contributed by atoms with van der Waals surface area (Å²) < 4.78 is 10.0. The van der Waals surface area contributed by atoms with Gasteiger partial charge in [0.15, 0.2) is 11.5 Å². The molecule has 0 bridgehead atoms. The smallest absolute Gasteiger partial charge is 0.328 e. The number of rotatable bonds is 4. The first-order valence-corrected chi connectivity index (χ1v) is 4.86. The van der Waals surface area contributed by atoms with E-state index in [2.05, 4.69) is 0 Å². The van der Waals surface area contributed by atoms with E-state index in [0.717, 1.165) is 6.08 Å². The highest BCUT2D eigenvalue weighted by molar-refractivity contribution is 5.91. The van der Waals surface area contributed by atoms with Crippen LogP contribution in [0.25, 0.3) is 5.57 Å². The zero-order valence-corrected chi connectivity index (χ0v) is 9.85. The Bertz CT molecular complexity index is 462. The van der Waals surface area contributed by atoms with E-state index in [1.807, 2.05) is 0 Å². The number of aliphatic carboxylic acids is 1. The number of hydrogen-bond donors (Lipinski definition) is 2. The van der Waals surface area contributed by atoms with E-state index in [0.29, 0.717) is 16.9 Å². The molecule has 5 nitrogen and oxygen atoms in total. The van der Waals surface area contributed by atoms with Crippen LogP contribution in [0.4, 0.5) is 0 Å². The van der Waals surface area contributed by atoms with Gasteiger partial charge in [-0.15, -0.1) is 0 Å². The first-order chi connectivity index (χ1) is 8.01. The molecule has 0 aliphatic carbocycles. The Morgan fingerprint density at radius 2 is 1.94 bits per heavy atom. The van der Waals surface area contributed by atoms with Crippen LogP contribution < -0.4 is 9.47 Å². The van der Waals surface area contributed by atoms with Gasteiger partial charge >= 0.3 is 5.97 Å². The summed E-state index contributed by atoms with van der Waals surface area (Å²) in [6.07, 6.45) is 1.01. The van der Waals surface area contributed by atoms with Gasteiger partial charge in [-0.2, -0.15) is 0 Å². The van der Waals surface area contributed by atoms with Gasteiger partial charge in [0.25, 0.3) is 0 Å². The van der Waals surface area contributed by atoms with Gasteiger partial charge in [0, 0.05) is 11.6 Å². The molecule has 1 aromatic rings. The number of ether oxygens (including phenoxy) is 2. The number of methoxy groups -OCH3 is 2. The standard InChI is InChI=1S/C12H14O5/c1-7(6-10(13)14)8-4-5-9(16-2)12(17-3)11(8)15/h4-6,15H,1-3H3,(H,13,14)/b7-6+. The van der Waals surface area contributed by atoms with E-state index < -0.39 is 5.97 Å². The fourth-order valence-corrected chi connectivity index (χ4v) is 1.49. The van der Waals surface area contributed by atoms with Crippen LogP contribution in [0.3, 0.4) is 0 Å². The second-order valence-electron chi connectivity index (χ2n) is 3.36.